The monoisotopic (exact) mass is 405 g/mol. The molecule has 1 aliphatic heterocycles. The SMILES string of the molecule is CC1=NS(=O)(=O)c2cc(C(=O)Nc3cccc(Cl)c3)ccc2N1CC(C)C. The zero-order valence-corrected chi connectivity index (χ0v) is 16.8. The summed E-state index contributed by atoms with van der Waals surface area (Å²) in [6.45, 7) is 6.39. The molecule has 1 N–H and O–H groups in total. The number of hydrogen-bond donors (Lipinski definition) is 1. The van der Waals surface area contributed by atoms with Gasteiger partial charge in [0, 0.05) is 22.8 Å². The van der Waals surface area contributed by atoms with E-state index in [9.17, 15) is 13.2 Å². The molecule has 142 valence electrons. The van der Waals surface area contributed by atoms with Crippen LogP contribution in [-0.2, 0) is 10.0 Å². The summed E-state index contributed by atoms with van der Waals surface area (Å²) < 4.78 is 28.9. The molecule has 0 unspecified atom stereocenters. The quantitative estimate of drug-likeness (QED) is 0.827. The Bertz CT molecular complexity index is 1030. The second-order valence-electron chi connectivity index (χ2n) is 6.76. The first kappa shape index (κ1) is 19.4. The fraction of sp³-hybridized carbons (Fsp3) is 0.263. The number of carbonyl (C=O) groups excluding carboxylic acids is 1. The summed E-state index contributed by atoms with van der Waals surface area (Å²) in [7, 11) is -3.85. The van der Waals surface area contributed by atoms with Crippen molar-refractivity contribution < 1.29 is 13.2 Å². The normalized spacial score (nSPS) is 15.3. The third kappa shape index (κ3) is 4.14. The molecule has 0 radical (unpaired) electrons. The van der Waals surface area contributed by atoms with Crippen LogP contribution in [0, 0.1) is 5.92 Å². The first-order valence-electron chi connectivity index (χ1n) is 8.47. The Morgan fingerprint density at radius 2 is 1.96 bits per heavy atom. The van der Waals surface area contributed by atoms with Gasteiger partial charge in [0.15, 0.2) is 0 Å². The van der Waals surface area contributed by atoms with Crippen molar-refractivity contribution in [1.29, 1.82) is 0 Å². The Kier molecular flexibility index (Phi) is 5.26. The number of fused-ring (bicyclic) bond motifs is 1. The summed E-state index contributed by atoms with van der Waals surface area (Å²) in [4.78, 5) is 14.4. The lowest BCUT2D eigenvalue weighted by molar-refractivity contribution is 0.102. The van der Waals surface area contributed by atoms with Gasteiger partial charge in [-0.05, 0) is 49.2 Å². The average Bonchev–Trinajstić information content (AvgIpc) is 2.57. The standard InChI is InChI=1S/C19H20ClN3O3S/c1-12(2)11-23-13(3)22-27(25,26)18-9-14(7-8-17(18)23)19(24)21-16-6-4-5-15(20)10-16/h4-10,12H,11H2,1-3H3,(H,21,24). The molecule has 0 saturated heterocycles. The predicted molar refractivity (Wildman–Crippen MR) is 108 cm³/mol. The lowest BCUT2D eigenvalue weighted by Crippen LogP contribution is -2.36. The van der Waals surface area contributed by atoms with E-state index >= 15 is 0 Å². The van der Waals surface area contributed by atoms with E-state index in [2.05, 4.69) is 9.71 Å². The maximum atomic E-state index is 12.5. The van der Waals surface area contributed by atoms with Gasteiger partial charge in [-0.25, -0.2) is 0 Å². The minimum absolute atomic E-state index is 0.0347. The summed E-state index contributed by atoms with van der Waals surface area (Å²) in [5, 5.41) is 3.21. The smallest absolute Gasteiger partial charge is 0.286 e. The number of halogens is 1. The highest BCUT2D eigenvalue weighted by Gasteiger charge is 2.30. The van der Waals surface area contributed by atoms with Crippen LogP contribution in [0.15, 0.2) is 51.8 Å². The van der Waals surface area contributed by atoms with Crippen LogP contribution in [-0.4, -0.2) is 26.7 Å². The van der Waals surface area contributed by atoms with Crippen LogP contribution in [0.1, 0.15) is 31.1 Å². The molecule has 6 nitrogen and oxygen atoms in total. The zero-order chi connectivity index (χ0) is 19.8. The topological polar surface area (TPSA) is 78.8 Å². The highest BCUT2D eigenvalue weighted by atomic mass is 35.5. The number of carbonyl (C=O) groups is 1. The number of rotatable bonds is 4. The second-order valence-corrected chi connectivity index (χ2v) is 8.77. The number of hydrogen-bond acceptors (Lipinski definition) is 4. The molecule has 1 heterocycles. The number of anilines is 2. The van der Waals surface area contributed by atoms with Gasteiger partial charge in [-0.2, -0.15) is 8.42 Å². The lowest BCUT2D eigenvalue weighted by Gasteiger charge is -2.30. The van der Waals surface area contributed by atoms with E-state index in [1.807, 2.05) is 18.7 Å². The van der Waals surface area contributed by atoms with E-state index in [0.29, 0.717) is 34.7 Å². The van der Waals surface area contributed by atoms with E-state index < -0.39 is 15.9 Å². The maximum absolute atomic E-state index is 12.5. The molecule has 0 saturated carbocycles. The van der Waals surface area contributed by atoms with Gasteiger partial charge in [0.25, 0.3) is 15.9 Å². The van der Waals surface area contributed by atoms with Crippen molar-refractivity contribution >= 4 is 44.7 Å². The van der Waals surface area contributed by atoms with E-state index in [4.69, 9.17) is 11.6 Å². The maximum Gasteiger partial charge on any atom is 0.286 e. The first-order chi connectivity index (χ1) is 12.7. The molecule has 1 amide bonds. The lowest BCUT2D eigenvalue weighted by atomic mass is 10.1. The summed E-state index contributed by atoms with van der Waals surface area (Å²) in [6, 6.07) is 11.4. The molecule has 3 rings (SSSR count). The van der Waals surface area contributed by atoms with Gasteiger partial charge in [0.2, 0.25) is 0 Å². The minimum Gasteiger partial charge on any atom is -0.328 e. The van der Waals surface area contributed by atoms with Crippen LogP contribution in [0.2, 0.25) is 5.02 Å². The Labute approximate surface area is 163 Å². The van der Waals surface area contributed by atoms with E-state index in [0.717, 1.165) is 0 Å². The second kappa shape index (κ2) is 7.32. The van der Waals surface area contributed by atoms with Crippen LogP contribution in [0.25, 0.3) is 0 Å². The molecule has 8 heteroatoms. The number of benzene rings is 2. The van der Waals surface area contributed by atoms with Crippen LogP contribution >= 0.6 is 11.6 Å². The van der Waals surface area contributed by atoms with Gasteiger partial charge in [-0.15, -0.1) is 4.40 Å². The average molecular weight is 406 g/mol. The van der Waals surface area contributed by atoms with Crippen LogP contribution in [0.5, 0.6) is 0 Å². The van der Waals surface area contributed by atoms with Crippen molar-refractivity contribution in [3.05, 3.63) is 53.1 Å². The largest absolute Gasteiger partial charge is 0.328 e. The van der Waals surface area contributed by atoms with Crippen molar-refractivity contribution in [3.63, 3.8) is 0 Å². The molecular formula is C19H20ClN3O3S. The highest BCUT2D eigenvalue weighted by molar-refractivity contribution is 7.90. The molecule has 0 bridgehead atoms. The Hall–Kier alpha value is -2.38. The highest BCUT2D eigenvalue weighted by Crippen LogP contribution is 2.33. The number of amides is 1. The third-order valence-electron chi connectivity index (χ3n) is 4.06. The fourth-order valence-electron chi connectivity index (χ4n) is 2.90. The molecule has 1 aliphatic rings. The molecule has 0 atom stereocenters. The van der Waals surface area contributed by atoms with Crippen molar-refractivity contribution in [2.45, 2.75) is 25.7 Å². The number of amidine groups is 1. The van der Waals surface area contributed by atoms with E-state index in [1.165, 1.54) is 6.07 Å². The number of nitrogens with zero attached hydrogens (tertiary/aromatic N) is 2. The van der Waals surface area contributed by atoms with Crippen molar-refractivity contribution in [1.82, 2.24) is 0 Å². The molecule has 0 aromatic heterocycles. The predicted octanol–water partition coefficient (Wildman–Crippen LogP) is 4.18. The van der Waals surface area contributed by atoms with Gasteiger partial charge in [-0.1, -0.05) is 31.5 Å². The Morgan fingerprint density at radius 3 is 2.63 bits per heavy atom. The van der Waals surface area contributed by atoms with Crippen molar-refractivity contribution in [2.24, 2.45) is 10.3 Å². The molecule has 0 aliphatic carbocycles. The molecule has 0 fully saturated rings. The van der Waals surface area contributed by atoms with Gasteiger partial charge < -0.3 is 10.2 Å². The Balaban J connectivity index is 1.97. The summed E-state index contributed by atoms with van der Waals surface area (Å²) in [5.74, 6) is 0.318. The third-order valence-corrected chi connectivity index (χ3v) is 5.69. The Morgan fingerprint density at radius 1 is 1.22 bits per heavy atom. The van der Waals surface area contributed by atoms with Crippen molar-refractivity contribution in [3.8, 4) is 0 Å². The molecule has 2 aromatic rings. The minimum atomic E-state index is -3.85. The van der Waals surface area contributed by atoms with Crippen LogP contribution in [0.4, 0.5) is 11.4 Å². The number of sulfonamides is 1. The molecule has 27 heavy (non-hydrogen) atoms. The van der Waals surface area contributed by atoms with Gasteiger partial charge in [0.05, 0.1) is 5.69 Å². The van der Waals surface area contributed by atoms with Crippen molar-refractivity contribution in [2.75, 3.05) is 16.8 Å². The molecular weight excluding hydrogens is 386 g/mol. The zero-order valence-electron chi connectivity index (χ0n) is 15.2. The van der Waals surface area contributed by atoms with E-state index in [1.54, 1.807) is 43.3 Å². The first-order valence-corrected chi connectivity index (χ1v) is 10.3. The summed E-state index contributed by atoms with van der Waals surface area (Å²) in [5.41, 5.74) is 1.30. The van der Waals surface area contributed by atoms with Gasteiger partial charge >= 0.3 is 0 Å². The fourth-order valence-corrected chi connectivity index (χ4v) is 4.35. The summed E-state index contributed by atoms with van der Waals surface area (Å²) >= 11 is 5.93. The van der Waals surface area contributed by atoms with Crippen LogP contribution in [0.3, 0.4) is 0 Å². The number of nitrogens with one attached hydrogen (secondary N) is 1. The van der Waals surface area contributed by atoms with Crippen LogP contribution < -0.4 is 10.2 Å². The molecule has 2 aromatic carbocycles. The summed E-state index contributed by atoms with van der Waals surface area (Å²) in [6.07, 6.45) is 0. The van der Waals surface area contributed by atoms with Gasteiger partial charge in [0.1, 0.15) is 10.7 Å². The van der Waals surface area contributed by atoms with E-state index in [-0.39, 0.29) is 10.5 Å². The van der Waals surface area contributed by atoms with Gasteiger partial charge in [-0.3, -0.25) is 4.79 Å². The molecule has 0 spiro atoms.